The number of piperidine rings is 2. The number of ether oxygens (including phenoxy) is 1. The molecule has 3 nitrogen and oxygen atoms in total. The first-order chi connectivity index (χ1) is 13.4. The van der Waals surface area contributed by atoms with Crippen LogP contribution in [0.4, 0.5) is 0 Å². The fourth-order valence-electron chi connectivity index (χ4n) is 5.42. The van der Waals surface area contributed by atoms with Gasteiger partial charge in [0.1, 0.15) is 5.75 Å². The summed E-state index contributed by atoms with van der Waals surface area (Å²) < 4.78 is 6.00. The second-order valence-corrected chi connectivity index (χ2v) is 8.86. The van der Waals surface area contributed by atoms with Crippen LogP contribution in [0.15, 0.2) is 24.3 Å². The van der Waals surface area contributed by atoms with Crippen molar-refractivity contribution in [3.8, 4) is 5.75 Å². The smallest absolute Gasteiger partial charge is 0.119 e. The third-order valence-electron chi connectivity index (χ3n) is 6.94. The van der Waals surface area contributed by atoms with Crippen molar-refractivity contribution in [2.24, 2.45) is 0 Å². The number of nitrogens with zero attached hydrogens (tertiary/aromatic N) is 2. The van der Waals surface area contributed by atoms with E-state index in [9.17, 15) is 0 Å². The largest absolute Gasteiger partial charge is 0.494 e. The Bertz CT molecular complexity index is 552. The van der Waals surface area contributed by atoms with Gasteiger partial charge < -0.3 is 9.64 Å². The van der Waals surface area contributed by atoms with Crippen LogP contribution in [-0.4, -0.2) is 48.6 Å². The van der Waals surface area contributed by atoms with Crippen molar-refractivity contribution in [3.05, 3.63) is 29.8 Å². The van der Waals surface area contributed by atoms with E-state index in [4.69, 9.17) is 4.74 Å². The van der Waals surface area contributed by atoms with E-state index in [1.807, 2.05) is 0 Å². The summed E-state index contributed by atoms with van der Waals surface area (Å²) in [5, 5.41) is 0. The zero-order valence-corrected chi connectivity index (χ0v) is 17.1. The standard InChI is InChI=1S/C24H38N2O/c1-3-16-25(17-4-1)18-5-2-6-20-27-23-14-12-21(13-15-23)24-11-7-9-22-10-8-19-26(22)24/h12-15,22,24H,1-11,16-20H2. The molecule has 0 saturated carbocycles. The quantitative estimate of drug-likeness (QED) is 0.569. The number of likely N-dealkylation sites (tertiary alicyclic amines) is 1. The molecule has 3 aliphatic heterocycles. The van der Waals surface area contributed by atoms with Crippen LogP contribution < -0.4 is 4.74 Å². The molecule has 2 atom stereocenters. The molecule has 4 rings (SSSR count). The summed E-state index contributed by atoms with van der Waals surface area (Å²) in [6, 6.07) is 10.5. The van der Waals surface area contributed by atoms with Gasteiger partial charge >= 0.3 is 0 Å². The lowest BCUT2D eigenvalue weighted by Gasteiger charge is -2.38. The minimum absolute atomic E-state index is 0.648. The lowest BCUT2D eigenvalue weighted by atomic mass is 9.92. The molecule has 3 aliphatic rings. The molecular weight excluding hydrogens is 332 g/mol. The molecule has 0 bridgehead atoms. The maximum Gasteiger partial charge on any atom is 0.119 e. The van der Waals surface area contributed by atoms with Gasteiger partial charge in [-0.3, -0.25) is 4.90 Å². The number of benzene rings is 1. The van der Waals surface area contributed by atoms with Crippen LogP contribution in [0.3, 0.4) is 0 Å². The molecule has 0 N–H and O–H groups in total. The van der Waals surface area contributed by atoms with Crippen LogP contribution in [0.1, 0.15) is 82.2 Å². The Morgan fingerprint density at radius 1 is 0.778 bits per heavy atom. The van der Waals surface area contributed by atoms with Crippen molar-refractivity contribution in [1.82, 2.24) is 9.80 Å². The van der Waals surface area contributed by atoms with Gasteiger partial charge in [-0.05, 0) is 108 Å². The number of hydrogen-bond acceptors (Lipinski definition) is 3. The molecule has 2 unspecified atom stereocenters. The predicted molar refractivity (Wildman–Crippen MR) is 112 cm³/mol. The number of fused-ring (bicyclic) bond motifs is 1. The molecular formula is C24H38N2O. The Morgan fingerprint density at radius 3 is 2.44 bits per heavy atom. The van der Waals surface area contributed by atoms with Crippen molar-refractivity contribution in [2.75, 3.05) is 32.8 Å². The summed E-state index contributed by atoms with van der Waals surface area (Å²) in [6.07, 6.45) is 14.9. The number of unbranched alkanes of at least 4 members (excludes halogenated alkanes) is 2. The molecule has 3 fully saturated rings. The first-order valence-electron chi connectivity index (χ1n) is 11.6. The third kappa shape index (κ3) is 5.26. The van der Waals surface area contributed by atoms with Crippen molar-refractivity contribution in [3.63, 3.8) is 0 Å². The Hall–Kier alpha value is -1.06. The molecule has 1 aromatic rings. The van der Waals surface area contributed by atoms with Gasteiger partial charge in [-0.2, -0.15) is 0 Å². The van der Waals surface area contributed by atoms with Crippen LogP contribution in [-0.2, 0) is 0 Å². The molecule has 3 heterocycles. The fraction of sp³-hybridized carbons (Fsp3) is 0.750. The van der Waals surface area contributed by atoms with Crippen LogP contribution in [0, 0.1) is 0 Å². The Labute approximate surface area is 166 Å². The van der Waals surface area contributed by atoms with Gasteiger partial charge in [0, 0.05) is 12.1 Å². The molecule has 1 aromatic carbocycles. The van der Waals surface area contributed by atoms with E-state index in [0.717, 1.165) is 18.4 Å². The summed E-state index contributed by atoms with van der Waals surface area (Å²) in [5.41, 5.74) is 1.50. The summed E-state index contributed by atoms with van der Waals surface area (Å²) in [6.45, 7) is 6.08. The van der Waals surface area contributed by atoms with E-state index in [1.54, 1.807) is 0 Å². The van der Waals surface area contributed by atoms with Crippen molar-refractivity contribution in [1.29, 1.82) is 0 Å². The maximum atomic E-state index is 6.00. The van der Waals surface area contributed by atoms with Crippen LogP contribution in [0.5, 0.6) is 5.75 Å². The van der Waals surface area contributed by atoms with E-state index >= 15 is 0 Å². The summed E-state index contributed by atoms with van der Waals surface area (Å²) >= 11 is 0. The average molecular weight is 371 g/mol. The fourth-order valence-corrected chi connectivity index (χ4v) is 5.42. The highest BCUT2D eigenvalue weighted by Gasteiger charge is 2.34. The molecule has 0 spiro atoms. The molecule has 150 valence electrons. The Kier molecular flexibility index (Phi) is 7.09. The lowest BCUT2D eigenvalue weighted by Crippen LogP contribution is -2.37. The van der Waals surface area contributed by atoms with Crippen molar-refractivity contribution in [2.45, 2.75) is 82.7 Å². The van der Waals surface area contributed by atoms with E-state index in [0.29, 0.717) is 6.04 Å². The molecule has 27 heavy (non-hydrogen) atoms. The SMILES string of the molecule is c1cc(C2CCCC3CCCN32)ccc1OCCCCCN1CCCCC1. The lowest BCUT2D eigenvalue weighted by molar-refractivity contribution is 0.123. The van der Waals surface area contributed by atoms with Crippen molar-refractivity contribution < 1.29 is 4.74 Å². The highest BCUT2D eigenvalue weighted by Crippen LogP contribution is 2.39. The summed E-state index contributed by atoms with van der Waals surface area (Å²) in [7, 11) is 0. The first kappa shape index (κ1) is 19.3. The third-order valence-corrected chi connectivity index (χ3v) is 6.94. The molecule has 0 aliphatic carbocycles. The van der Waals surface area contributed by atoms with E-state index in [-0.39, 0.29) is 0 Å². The van der Waals surface area contributed by atoms with E-state index in [2.05, 4.69) is 34.1 Å². The molecule has 0 amide bonds. The summed E-state index contributed by atoms with van der Waals surface area (Å²) in [5.74, 6) is 1.04. The topological polar surface area (TPSA) is 15.7 Å². The Balaban J connectivity index is 1.15. The second-order valence-electron chi connectivity index (χ2n) is 8.86. The molecule has 3 saturated heterocycles. The maximum absolute atomic E-state index is 6.00. The average Bonchev–Trinajstić information content (AvgIpc) is 3.21. The van der Waals surface area contributed by atoms with Gasteiger partial charge in [-0.1, -0.05) is 18.6 Å². The Morgan fingerprint density at radius 2 is 1.59 bits per heavy atom. The summed E-state index contributed by atoms with van der Waals surface area (Å²) in [4.78, 5) is 5.40. The minimum atomic E-state index is 0.648. The van der Waals surface area contributed by atoms with Gasteiger partial charge in [0.05, 0.1) is 6.61 Å². The van der Waals surface area contributed by atoms with Crippen LogP contribution >= 0.6 is 0 Å². The normalized spacial score (nSPS) is 26.8. The highest BCUT2D eigenvalue weighted by molar-refractivity contribution is 5.29. The number of rotatable bonds is 8. The van der Waals surface area contributed by atoms with Crippen LogP contribution in [0.2, 0.25) is 0 Å². The van der Waals surface area contributed by atoms with Gasteiger partial charge in [-0.25, -0.2) is 0 Å². The minimum Gasteiger partial charge on any atom is -0.494 e. The number of hydrogen-bond donors (Lipinski definition) is 0. The van der Waals surface area contributed by atoms with Gasteiger partial charge in [-0.15, -0.1) is 0 Å². The second kappa shape index (κ2) is 9.93. The van der Waals surface area contributed by atoms with E-state index < -0.39 is 0 Å². The van der Waals surface area contributed by atoms with Crippen LogP contribution in [0.25, 0.3) is 0 Å². The highest BCUT2D eigenvalue weighted by atomic mass is 16.5. The molecule has 0 radical (unpaired) electrons. The zero-order chi connectivity index (χ0) is 18.3. The monoisotopic (exact) mass is 370 g/mol. The zero-order valence-electron chi connectivity index (χ0n) is 17.1. The molecule has 3 heteroatoms. The van der Waals surface area contributed by atoms with Crippen molar-refractivity contribution >= 4 is 0 Å². The molecule has 0 aromatic heterocycles. The van der Waals surface area contributed by atoms with Gasteiger partial charge in [0.15, 0.2) is 0 Å². The van der Waals surface area contributed by atoms with Gasteiger partial charge in [0.2, 0.25) is 0 Å². The first-order valence-corrected chi connectivity index (χ1v) is 11.6. The predicted octanol–water partition coefficient (Wildman–Crippen LogP) is 5.41. The van der Waals surface area contributed by atoms with E-state index in [1.165, 1.54) is 102 Å². The van der Waals surface area contributed by atoms with Gasteiger partial charge in [0.25, 0.3) is 0 Å².